The Balaban J connectivity index is 2.78. The number of hydrogen-bond acceptors (Lipinski definition) is 1. The van der Waals surface area contributed by atoms with E-state index in [4.69, 9.17) is 5.73 Å². The molecule has 1 unspecified atom stereocenters. The van der Waals surface area contributed by atoms with Crippen molar-refractivity contribution in [3.63, 3.8) is 0 Å². The maximum atomic E-state index is 5.51. The van der Waals surface area contributed by atoms with Crippen LogP contribution in [0.2, 0.25) is 0 Å². The van der Waals surface area contributed by atoms with Gasteiger partial charge in [-0.1, -0.05) is 49.4 Å². The SMILES string of the molecule is C=C(CN)C(C)c1ccccc1. The Hall–Kier alpha value is -1.08. The topological polar surface area (TPSA) is 26.0 Å². The second-order valence-electron chi connectivity index (χ2n) is 2.99. The summed E-state index contributed by atoms with van der Waals surface area (Å²) < 4.78 is 0. The van der Waals surface area contributed by atoms with E-state index in [9.17, 15) is 0 Å². The Morgan fingerprint density at radius 2 is 2.00 bits per heavy atom. The standard InChI is InChI=1S/C11H15N/c1-9(8-12)10(2)11-6-4-3-5-7-11/h3-7,10H,1,8,12H2,2H3. The largest absolute Gasteiger partial charge is 0.327 e. The molecule has 0 aliphatic carbocycles. The summed E-state index contributed by atoms with van der Waals surface area (Å²) in [7, 11) is 0. The Morgan fingerprint density at radius 3 is 2.50 bits per heavy atom. The molecule has 12 heavy (non-hydrogen) atoms. The van der Waals surface area contributed by atoms with E-state index in [1.54, 1.807) is 0 Å². The molecule has 0 heterocycles. The van der Waals surface area contributed by atoms with E-state index in [0.29, 0.717) is 12.5 Å². The van der Waals surface area contributed by atoms with Gasteiger partial charge in [0.25, 0.3) is 0 Å². The molecule has 1 aromatic rings. The van der Waals surface area contributed by atoms with Gasteiger partial charge >= 0.3 is 0 Å². The molecule has 0 amide bonds. The molecule has 0 bridgehead atoms. The van der Waals surface area contributed by atoms with E-state index < -0.39 is 0 Å². The van der Waals surface area contributed by atoms with Gasteiger partial charge in [0.05, 0.1) is 0 Å². The average molecular weight is 161 g/mol. The van der Waals surface area contributed by atoms with Crippen molar-refractivity contribution in [3.8, 4) is 0 Å². The summed E-state index contributed by atoms with van der Waals surface area (Å²) in [6, 6.07) is 10.3. The van der Waals surface area contributed by atoms with E-state index >= 15 is 0 Å². The lowest BCUT2D eigenvalue weighted by atomic mass is 9.94. The molecule has 0 fully saturated rings. The van der Waals surface area contributed by atoms with Crippen molar-refractivity contribution in [1.29, 1.82) is 0 Å². The van der Waals surface area contributed by atoms with E-state index in [1.807, 2.05) is 18.2 Å². The lowest BCUT2D eigenvalue weighted by Gasteiger charge is -2.12. The fraction of sp³-hybridized carbons (Fsp3) is 0.273. The molecule has 0 saturated heterocycles. The fourth-order valence-corrected chi connectivity index (χ4v) is 1.15. The van der Waals surface area contributed by atoms with Crippen LogP contribution in [0.15, 0.2) is 42.5 Å². The van der Waals surface area contributed by atoms with Gasteiger partial charge in [-0.15, -0.1) is 0 Å². The van der Waals surface area contributed by atoms with Crippen LogP contribution in [-0.2, 0) is 0 Å². The summed E-state index contributed by atoms with van der Waals surface area (Å²) >= 11 is 0. The van der Waals surface area contributed by atoms with E-state index in [0.717, 1.165) is 5.57 Å². The van der Waals surface area contributed by atoms with Crippen LogP contribution in [-0.4, -0.2) is 6.54 Å². The summed E-state index contributed by atoms with van der Waals surface area (Å²) in [6.45, 7) is 6.62. The molecular formula is C11H15N. The highest BCUT2D eigenvalue weighted by Gasteiger charge is 2.06. The Morgan fingerprint density at radius 1 is 1.42 bits per heavy atom. The Labute approximate surface area is 73.9 Å². The van der Waals surface area contributed by atoms with Crippen molar-refractivity contribution >= 4 is 0 Å². The van der Waals surface area contributed by atoms with Crippen LogP contribution in [0.4, 0.5) is 0 Å². The third-order valence-electron chi connectivity index (χ3n) is 2.17. The van der Waals surface area contributed by atoms with Crippen molar-refractivity contribution in [2.24, 2.45) is 5.73 Å². The van der Waals surface area contributed by atoms with Crippen LogP contribution in [0.3, 0.4) is 0 Å². The molecule has 1 rings (SSSR count). The first-order valence-electron chi connectivity index (χ1n) is 4.18. The zero-order valence-corrected chi connectivity index (χ0v) is 7.46. The lowest BCUT2D eigenvalue weighted by Crippen LogP contribution is -2.08. The summed E-state index contributed by atoms with van der Waals surface area (Å²) in [4.78, 5) is 0. The van der Waals surface area contributed by atoms with Gasteiger partial charge in [-0.2, -0.15) is 0 Å². The van der Waals surface area contributed by atoms with Crippen molar-refractivity contribution in [1.82, 2.24) is 0 Å². The molecule has 0 aromatic heterocycles. The molecule has 0 aliphatic rings. The third-order valence-corrected chi connectivity index (χ3v) is 2.17. The van der Waals surface area contributed by atoms with Crippen LogP contribution in [0.5, 0.6) is 0 Å². The molecule has 1 atom stereocenters. The van der Waals surface area contributed by atoms with Crippen LogP contribution in [0, 0.1) is 0 Å². The smallest absolute Gasteiger partial charge is 0.0140 e. The summed E-state index contributed by atoms with van der Waals surface area (Å²) in [5.74, 6) is 0.371. The van der Waals surface area contributed by atoms with Gasteiger partial charge in [0.2, 0.25) is 0 Å². The molecule has 2 N–H and O–H groups in total. The van der Waals surface area contributed by atoms with Crippen LogP contribution >= 0.6 is 0 Å². The summed E-state index contributed by atoms with van der Waals surface area (Å²) in [5.41, 5.74) is 7.88. The first-order chi connectivity index (χ1) is 5.75. The first kappa shape index (κ1) is 9.01. The minimum Gasteiger partial charge on any atom is -0.327 e. The van der Waals surface area contributed by atoms with Crippen molar-refractivity contribution in [2.45, 2.75) is 12.8 Å². The van der Waals surface area contributed by atoms with Crippen LogP contribution < -0.4 is 5.73 Å². The molecule has 0 radical (unpaired) electrons. The van der Waals surface area contributed by atoms with Crippen LogP contribution in [0.1, 0.15) is 18.4 Å². The zero-order valence-electron chi connectivity index (χ0n) is 7.46. The number of nitrogens with two attached hydrogens (primary N) is 1. The first-order valence-corrected chi connectivity index (χ1v) is 4.18. The minimum absolute atomic E-state index is 0.371. The fourth-order valence-electron chi connectivity index (χ4n) is 1.15. The third kappa shape index (κ3) is 1.95. The molecule has 64 valence electrons. The zero-order chi connectivity index (χ0) is 8.97. The molecule has 1 nitrogen and oxygen atoms in total. The van der Waals surface area contributed by atoms with Crippen molar-refractivity contribution in [2.75, 3.05) is 6.54 Å². The highest BCUT2D eigenvalue weighted by Crippen LogP contribution is 2.20. The second-order valence-corrected chi connectivity index (χ2v) is 2.99. The minimum atomic E-state index is 0.371. The molecule has 1 aromatic carbocycles. The van der Waals surface area contributed by atoms with Gasteiger partial charge in [-0.05, 0) is 5.56 Å². The predicted molar refractivity (Wildman–Crippen MR) is 53.1 cm³/mol. The van der Waals surface area contributed by atoms with Gasteiger partial charge in [-0.25, -0.2) is 0 Å². The monoisotopic (exact) mass is 161 g/mol. The van der Waals surface area contributed by atoms with Gasteiger partial charge < -0.3 is 5.73 Å². The highest BCUT2D eigenvalue weighted by molar-refractivity contribution is 5.26. The summed E-state index contributed by atoms with van der Waals surface area (Å²) in [5, 5.41) is 0. The molecule has 0 spiro atoms. The Kier molecular flexibility index (Phi) is 3.06. The quantitative estimate of drug-likeness (QED) is 0.676. The second kappa shape index (κ2) is 4.07. The maximum Gasteiger partial charge on any atom is 0.0140 e. The predicted octanol–water partition coefficient (Wildman–Crippen LogP) is 2.31. The normalized spacial score (nSPS) is 12.5. The van der Waals surface area contributed by atoms with Crippen molar-refractivity contribution in [3.05, 3.63) is 48.0 Å². The molecule has 0 saturated carbocycles. The highest BCUT2D eigenvalue weighted by atomic mass is 14.5. The van der Waals surface area contributed by atoms with Gasteiger partial charge in [0.15, 0.2) is 0 Å². The maximum absolute atomic E-state index is 5.51. The van der Waals surface area contributed by atoms with Gasteiger partial charge in [0.1, 0.15) is 0 Å². The molecule has 1 heteroatoms. The Bertz CT molecular complexity index is 251. The lowest BCUT2D eigenvalue weighted by molar-refractivity contribution is 0.862. The number of benzene rings is 1. The average Bonchev–Trinajstić information content (AvgIpc) is 2.17. The molecular weight excluding hydrogens is 146 g/mol. The summed E-state index contributed by atoms with van der Waals surface area (Å²) in [6.07, 6.45) is 0. The van der Waals surface area contributed by atoms with E-state index in [2.05, 4.69) is 25.6 Å². The number of rotatable bonds is 3. The van der Waals surface area contributed by atoms with Crippen molar-refractivity contribution < 1.29 is 0 Å². The van der Waals surface area contributed by atoms with E-state index in [1.165, 1.54) is 5.56 Å². The van der Waals surface area contributed by atoms with Gasteiger partial charge in [-0.3, -0.25) is 0 Å². The van der Waals surface area contributed by atoms with Crippen LogP contribution in [0.25, 0.3) is 0 Å². The van der Waals surface area contributed by atoms with Gasteiger partial charge in [0, 0.05) is 12.5 Å². The number of hydrogen-bond donors (Lipinski definition) is 1. The molecule has 0 aliphatic heterocycles. The van der Waals surface area contributed by atoms with E-state index in [-0.39, 0.29) is 0 Å².